The molecule has 5 heteroatoms. The highest BCUT2D eigenvalue weighted by Gasteiger charge is 2.13. The van der Waals surface area contributed by atoms with Crippen LogP contribution in [-0.4, -0.2) is 10.1 Å². The van der Waals surface area contributed by atoms with E-state index in [1.54, 1.807) is 18.3 Å². The first kappa shape index (κ1) is 13.1. The van der Waals surface area contributed by atoms with Gasteiger partial charge in [-0.3, -0.25) is 4.98 Å². The molecule has 2 rings (SSSR count). The van der Waals surface area contributed by atoms with Crippen molar-refractivity contribution in [2.24, 2.45) is 0 Å². The summed E-state index contributed by atoms with van der Waals surface area (Å²) in [6.45, 7) is 0. The minimum absolute atomic E-state index is 0.0563. The van der Waals surface area contributed by atoms with E-state index in [-0.39, 0.29) is 12.0 Å². The molecule has 94 valence electrons. The molecular weight excluding hydrogens is 304 g/mol. The maximum Gasteiger partial charge on any atom is 0.129 e. The Kier molecular flexibility index (Phi) is 4.04. The Balaban J connectivity index is 2.15. The third-order valence-corrected chi connectivity index (χ3v) is 2.99. The molecule has 0 amide bonds. The van der Waals surface area contributed by atoms with Gasteiger partial charge in [0.1, 0.15) is 17.7 Å². The molecule has 0 spiro atoms. The van der Waals surface area contributed by atoms with Gasteiger partial charge in [-0.05, 0) is 39.7 Å². The van der Waals surface area contributed by atoms with Crippen molar-refractivity contribution in [3.8, 4) is 0 Å². The average molecular weight is 314 g/mol. The number of aromatic nitrogens is 1. The van der Waals surface area contributed by atoms with E-state index in [2.05, 4.69) is 20.9 Å². The van der Waals surface area contributed by atoms with Crippen molar-refractivity contribution in [3.05, 3.63) is 63.9 Å². The number of pyridine rings is 1. The summed E-state index contributed by atoms with van der Waals surface area (Å²) >= 11 is 3.24. The van der Waals surface area contributed by atoms with Gasteiger partial charge in [0.2, 0.25) is 0 Å². The molecule has 1 aromatic carbocycles. The van der Waals surface area contributed by atoms with Crippen LogP contribution in [0.1, 0.15) is 17.4 Å². The van der Waals surface area contributed by atoms with E-state index in [1.807, 2.05) is 0 Å². The molecular formula is C13H10BrF2NO. The van der Waals surface area contributed by atoms with Crippen LogP contribution in [0, 0.1) is 11.6 Å². The lowest BCUT2D eigenvalue weighted by Gasteiger charge is -2.10. The van der Waals surface area contributed by atoms with E-state index in [1.165, 1.54) is 12.1 Å². The van der Waals surface area contributed by atoms with Gasteiger partial charge in [-0.1, -0.05) is 6.07 Å². The SMILES string of the molecule is OC(Cc1ccc(F)cc1F)c1ccc(Br)cn1. The second kappa shape index (κ2) is 5.54. The van der Waals surface area contributed by atoms with Crippen molar-refractivity contribution >= 4 is 15.9 Å². The molecule has 1 N–H and O–H groups in total. The minimum Gasteiger partial charge on any atom is -0.386 e. The molecule has 1 heterocycles. The number of nitrogens with zero attached hydrogens (tertiary/aromatic N) is 1. The summed E-state index contributed by atoms with van der Waals surface area (Å²) in [7, 11) is 0. The van der Waals surface area contributed by atoms with Crippen LogP contribution in [0.25, 0.3) is 0 Å². The molecule has 1 atom stereocenters. The third kappa shape index (κ3) is 3.11. The van der Waals surface area contributed by atoms with E-state index in [0.29, 0.717) is 5.69 Å². The average Bonchev–Trinajstić information content (AvgIpc) is 2.33. The maximum atomic E-state index is 13.4. The molecule has 2 nitrogen and oxygen atoms in total. The van der Waals surface area contributed by atoms with Crippen molar-refractivity contribution in [2.45, 2.75) is 12.5 Å². The van der Waals surface area contributed by atoms with Crippen LogP contribution >= 0.6 is 15.9 Å². The van der Waals surface area contributed by atoms with Crippen LogP contribution in [0.4, 0.5) is 8.78 Å². The molecule has 0 fully saturated rings. The van der Waals surface area contributed by atoms with Crippen LogP contribution < -0.4 is 0 Å². The first-order chi connectivity index (χ1) is 8.56. The van der Waals surface area contributed by atoms with Gasteiger partial charge in [0.05, 0.1) is 5.69 Å². The summed E-state index contributed by atoms with van der Waals surface area (Å²) in [6, 6.07) is 6.69. The zero-order valence-electron chi connectivity index (χ0n) is 9.28. The van der Waals surface area contributed by atoms with Crippen LogP contribution in [0.5, 0.6) is 0 Å². The fraction of sp³-hybridized carbons (Fsp3) is 0.154. The highest BCUT2D eigenvalue weighted by Crippen LogP contribution is 2.20. The zero-order valence-corrected chi connectivity index (χ0v) is 10.9. The second-order valence-electron chi connectivity index (χ2n) is 3.86. The zero-order chi connectivity index (χ0) is 13.1. The van der Waals surface area contributed by atoms with Crippen molar-refractivity contribution in [1.82, 2.24) is 4.98 Å². The summed E-state index contributed by atoms with van der Waals surface area (Å²) < 4.78 is 26.9. The van der Waals surface area contributed by atoms with Gasteiger partial charge in [0, 0.05) is 23.2 Å². The fourth-order valence-electron chi connectivity index (χ4n) is 1.58. The van der Waals surface area contributed by atoms with Crippen molar-refractivity contribution < 1.29 is 13.9 Å². The molecule has 0 saturated heterocycles. The lowest BCUT2D eigenvalue weighted by molar-refractivity contribution is 0.172. The highest BCUT2D eigenvalue weighted by molar-refractivity contribution is 9.10. The molecule has 0 saturated carbocycles. The van der Waals surface area contributed by atoms with Gasteiger partial charge in [0.15, 0.2) is 0 Å². The van der Waals surface area contributed by atoms with E-state index >= 15 is 0 Å². The summed E-state index contributed by atoms with van der Waals surface area (Å²) in [5, 5.41) is 9.92. The predicted molar refractivity (Wildman–Crippen MR) is 67.0 cm³/mol. The Labute approximate surface area is 111 Å². The van der Waals surface area contributed by atoms with Gasteiger partial charge in [-0.25, -0.2) is 8.78 Å². The Morgan fingerprint density at radius 2 is 2.00 bits per heavy atom. The Bertz CT molecular complexity index is 545. The van der Waals surface area contributed by atoms with Crippen molar-refractivity contribution in [1.29, 1.82) is 0 Å². The second-order valence-corrected chi connectivity index (χ2v) is 4.77. The van der Waals surface area contributed by atoms with Gasteiger partial charge in [-0.2, -0.15) is 0 Å². The summed E-state index contributed by atoms with van der Waals surface area (Å²) in [6.07, 6.45) is 0.693. The standard InChI is InChI=1S/C13H10BrF2NO/c14-9-2-4-12(17-7-9)13(18)5-8-1-3-10(15)6-11(8)16/h1-4,6-7,13,18H,5H2. The molecule has 0 bridgehead atoms. The molecule has 1 aromatic heterocycles. The number of halogens is 3. The normalized spacial score (nSPS) is 12.4. The van der Waals surface area contributed by atoms with E-state index in [9.17, 15) is 13.9 Å². The predicted octanol–water partition coefficient (Wildman–Crippen LogP) is 3.40. The fourth-order valence-corrected chi connectivity index (χ4v) is 1.82. The summed E-state index contributed by atoms with van der Waals surface area (Å²) in [5.74, 6) is -1.29. The molecule has 0 radical (unpaired) electrons. The quantitative estimate of drug-likeness (QED) is 0.942. The van der Waals surface area contributed by atoms with E-state index in [4.69, 9.17) is 0 Å². The molecule has 1 unspecified atom stereocenters. The summed E-state index contributed by atoms with van der Waals surface area (Å²) in [5.41, 5.74) is 0.704. The van der Waals surface area contributed by atoms with Gasteiger partial charge < -0.3 is 5.11 Å². The molecule has 0 aliphatic rings. The smallest absolute Gasteiger partial charge is 0.129 e. The number of benzene rings is 1. The van der Waals surface area contributed by atoms with Gasteiger partial charge >= 0.3 is 0 Å². The summed E-state index contributed by atoms with van der Waals surface area (Å²) in [4.78, 5) is 4.03. The minimum atomic E-state index is -0.918. The number of hydrogen-bond donors (Lipinski definition) is 1. The monoisotopic (exact) mass is 313 g/mol. The van der Waals surface area contributed by atoms with E-state index < -0.39 is 17.7 Å². The van der Waals surface area contributed by atoms with Crippen LogP contribution in [0.15, 0.2) is 41.0 Å². The Morgan fingerprint density at radius 1 is 1.22 bits per heavy atom. The van der Waals surface area contributed by atoms with Gasteiger partial charge in [-0.15, -0.1) is 0 Å². The molecule has 18 heavy (non-hydrogen) atoms. The first-order valence-electron chi connectivity index (χ1n) is 5.29. The first-order valence-corrected chi connectivity index (χ1v) is 6.09. The van der Waals surface area contributed by atoms with Gasteiger partial charge in [0.25, 0.3) is 0 Å². The molecule has 0 aliphatic carbocycles. The maximum absolute atomic E-state index is 13.4. The Hall–Kier alpha value is -1.33. The molecule has 2 aromatic rings. The number of aliphatic hydroxyl groups excluding tert-OH is 1. The lowest BCUT2D eigenvalue weighted by atomic mass is 10.0. The molecule has 0 aliphatic heterocycles. The van der Waals surface area contributed by atoms with Crippen molar-refractivity contribution in [2.75, 3.05) is 0 Å². The third-order valence-electron chi connectivity index (χ3n) is 2.52. The highest BCUT2D eigenvalue weighted by atomic mass is 79.9. The topological polar surface area (TPSA) is 33.1 Å². The van der Waals surface area contributed by atoms with E-state index in [0.717, 1.165) is 10.5 Å². The largest absolute Gasteiger partial charge is 0.386 e. The van der Waals surface area contributed by atoms with Crippen molar-refractivity contribution in [3.63, 3.8) is 0 Å². The van der Waals surface area contributed by atoms with Crippen LogP contribution in [0.2, 0.25) is 0 Å². The Morgan fingerprint density at radius 3 is 2.61 bits per heavy atom. The number of hydrogen-bond acceptors (Lipinski definition) is 2. The lowest BCUT2D eigenvalue weighted by Crippen LogP contribution is -2.05. The van der Waals surface area contributed by atoms with Crippen LogP contribution in [-0.2, 0) is 6.42 Å². The number of aliphatic hydroxyl groups is 1. The number of rotatable bonds is 3. The van der Waals surface area contributed by atoms with Crippen LogP contribution in [0.3, 0.4) is 0 Å².